The van der Waals surface area contributed by atoms with Crippen LogP contribution in [0.25, 0.3) is 0 Å². The molecule has 3 heterocycles. The molecule has 1 fully saturated rings. The number of ether oxygens (including phenoxy) is 2. The van der Waals surface area contributed by atoms with Crippen LogP contribution >= 0.6 is 0 Å². The van der Waals surface area contributed by atoms with E-state index in [0.29, 0.717) is 31.3 Å². The highest BCUT2D eigenvalue weighted by Gasteiger charge is 2.24. The summed E-state index contributed by atoms with van der Waals surface area (Å²) >= 11 is 0. The van der Waals surface area contributed by atoms with Crippen molar-refractivity contribution in [3.8, 4) is 11.6 Å². The van der Waals surface area contributed by atoms with E-state index in [4.69, 9.17) is 9.47 Å². The van der Waals surface area contributed by atoms with Crippen molar-refractivity contribution in [2.45, 2.75) is 12.6 Å². The van der Waals surface area contributed by atoms with Gasteiger partial charge in [0, 0.05) is 25.8 Å². The summed E-state index contributed by atoms with van der Waals surface area (Å²) < 4.78 is 34.6. The van der Waals surface area contributed by atoms with E-state index in [9.17, 15) is 8.42 Å². The molecule has 4 rings (SSSR count). The number of hydrogen-bond acceptors (Lipinski definition) is 6. The number of hydrogen-bond donors (Lipinski definition) is 0. The molecule has 1 saturated heterocycles. The minimum atomic E-state index is -2.83. The summed E-state index contributed by atoms with van der Waals surface area (Å²) in [5.74, 6) is 1.71. The Hall–Kier alpha value is -2.12. The van der Waals surface area contributed by atoms with Crippen LogP contribution in [0, 0.1) is 0 Å². The molecule has 7 heteroatoms. The number of rotatable bonds is 3. The number of pyridine rings is 1. The highest BCUT2D eigenvalue weighted by atomic mass is 32.2. The van der Waals surface area contributed by atoms with Crippen molar-refractivity contribution in [1.82, 2.24) is 9.88 Å². The van der Waals surface area contributed by atoms with Gasteiger partial charge in [-0.15, -0.1) is 0 Å². The van der Waals surface area contributed by atoms with E-state index in [1.165, 1.54) is 5.56 Å². The normalized spacial score (nSPS) is 22.5. The van der Waals surface area contributed by atoms with Crippen molar-refractivity contribution < 1.29 is 17.9 Å². The Morgan fingerprint density at radius 2 is 1.88 bits per heavy atom. The van der Waals surface area contributed by atoms with Gasteiger partial charge < -0.3 is 9.47 Å². The Balaban J connectivity index is 1.39. The van der Waals surface area contributed by atoms with Gasteiger partial charge >= 0.3 is 0 Å². The second kappa shape index (κ2) is 6.65. The molecule has 2 aliphatic heterocycles. The molecule has 25 heavy (non-hydrogen) atoms. The molecule has 0 radical (unpaired) electrons. The zero-order valence-electron chi connectivity index (χ0n) is 13.8. The van der Waals surface area contributed by atoms with E-state index in [1.54, 1.807) is 6.20 Å². The lowest BCUT2D eigenvalue weighted by Gasteiger charge is -2.27. The molecule has 1 aromatic carbocycles. The van der Waals surface area contributed by atoms with Gasteiger partial charge in [0.2, 0.25) is 0 Å². The lowest BCUT2D eigenvalue weighted by atomic mass is 10.1. The first-order valence-electron chi connectivity index (χ1n) is 8.35. The van der Waals surface area contributed by atoms with Crippen LogP contribution in [0.2, 0.25) is 0 Å². The van der Waals surface area contributed by atoms with Gasteiger partial charge in [-0.25, -0.2) is 13.4 Å². The third-order valence-corrected chi connectivity index (χ3v) is 6.18. The van der Waals surface area contributed by atoms with E-state index in [1.807, 2.05) is 24.3 Å². The smallest absolute Gasteiger partial charge is 0.257 e. The molecule has 1 unspecified atom stereocenters. The van der Waals surface area contributed by atoms with Gasteiger partial charge in [-0.05, 0) is 23.3 Å². The average molecular weight is 360 g/mol. The topological polar surface area (TPSA) is 68.7 Å². The molecule has 1 aromatic heterocycles. The number of benzene rings is 1. The molecular formula is C18H20N2O4S. The monoisotopic (exact) mass is 360 g/mol. The fourth-order valence-electron chi connectivity index (χ4n) is 3.08. The first-order chi connectivity index (χ1) is 12.1. The molecule has 0 saturated carbocycles. The summed E-state index contributed by atoms with van der Waals surface area (Å²) in [5, 5.41) is 0. The second-order valence-electron chi connectivity index (χ2n) is 6.39. The van der Waals surface area contributed by atoms with E-state index in [-0.39, 0.29) is 17.6 Å². The lowest BCUT2D eigenvalue weighted by Crippen LogP contribution is -2.39. The van der Waals surface area contributed by atoms with Crippen molar-refractivity contribution in [2.24, 2.45) is 0 Å². The maximum atomic E-state index is 11.5. The number of sulfone groups is 1. The van der Waals surface area contributed by atoms with Crippen LogP contribution < -0.4 is 9.47 Å². The molecule has 0 spiro atoms. The van der Waals surface area contributed by atoms with Gasteiger partial charge in [0.1, 0.15) is 6.61 Å². The lowest BCUT2D eigenvalue weighted by molar-refractivity contribution is 0.0851. The average Bonchev–Trinajstić information content (AvgIpc) is 2.64. The molecule has 2 aliphatic rings. The predicted octanol–water partition coefficient (Wildman–Crippen LogP) is 1.82. The molecule has 0 bridgehead atoms. The summed E-state index contributed by atoms with van der Waals surface area (Å²) in [6.07, 6.45) is 1.52. The van der Waals surface area contributed by atoms with Crippen molar-refractivity contribution in [3.63, 3.8) is 0 Å². The summed E-state index contributed by atoms with van der Waals surface area (Å²) in [5.41, 5.74) is 2.21. The molecule has 0 N–H and O–H groups in total. The summed E-state index contributed by atoms with van der Waals surface area (Å²) in [6.45, 7) is 2.43. The Labute approximate surface area is 147 Å². The van der Waals surface area contributed by atoms with E-state index >= 15 is 0 Å². The minimum Gasteiger partial charge on any atom is -0.484 e. The molecule has 1 atom stereocenters. The first-order valence-corrected chi connectivity index (χ1v) is 10.2. The second-order valence-corrected chi connectivity index (χ2v) is 8.70. The van der Waals surface area contributed by atoms with Crippen LogP contribution in [-0.4, -0.2) is 49.5 Å². The van der Waals surface area contributed by atoms with Crippen molar-refractivity contribution in [2.75, 3.05) is 31.2 Å². The number of fused-ring (bicyclic) bond motifs is 1. The largest absolute Gasteiger partial charge is 0.484 e. The van der Waals surface area contributed by atoms with Gasteiger partial charge in [0.25, 0.3) is 5.88 Å². The molecule has 132 valence electrons. The van der Waals surface area contributed by atoms with Crippen LogP contribution in [0.3, 0.4) is 0 Å². The third-order valence-electron chi connectivity index (χ3n) is 4.58. The van der Waals surface area contributed by atoms with Crippen LogP contribution in [0.4, 0.5) is 0 Å². The minimum absolute atomic E-state index is 0.170. The fraction of sp³-hybridized carbons (Fsp3) is 0.389. The highest BCUT2D eigenvalue weighted by molar-refractivity contribution is 7.91. The Bertz CT molecular complexity index is 838. The fourth-order valence-corrected chi connectivity index (χ4v) is 4.35. The van der Waals surface area contributed by atoms with Crippen LogP contribution in [0.15, 0.2) is 42.6 Å². The molecular weight excluding hydrogens is 340 g/mol. The summed E-state index contributed by atoms with van der Waals surface area (Å²) in [7, 11) is -2.83. The van der Waals surface area contributed by atoms with E-state index in [0.717, 1.165) is 12.1 Å². The third kappa shape index (κ3) is 3.77. The maximum absolute atomic E-state index is 11.5. The van der Waals surface area contributed by atoms with E-state index in [2.05, 4.69) is 22.0 Å². The van der Waals surface area contributed by atoms with Gasteiger partial charge in [0.05, 0.1) is 11.5 Å². The van der Waals surface area contributed by atoms with Gasteiger partial charge in [-0.2, -0.15) is 0 Å². The maximum Gasteiger partial charge on any atom is 0.257 e. The van der Waals surface area contributed by atoms with Gasteiger partial charge in [0.15, 0.2) is 21.7 Å². The van der Waals surface area contributed by atoms with E-state index < -0.39 is 9.84 Å². The molecule has 2 aromatic rings. The zero-order valence-corrected chi connectivity index (χ0v) is 14.6. The van der Waals surface area contributed by atoms with Crippen molar-refractivity contribution in [3.05, 3.63) is 53.7 Å². The quantitative estimate of drug-likeness (QED) is 0.832. The van der Waals surface area contributed by atoms with Gasteiger partial charge in [-0.3, -0.25) is 4.90 Å². The van der Waals surface area contributed by atoms with Crippen LogP contribution in [-0.2, 0) is 16.4 Å². The van der Waals surface area contributed by atoms with Gasteiger partial charge in [-0.1, -0.05) is 24.3 Å². The predicted molar refractivity (Wildman–Crippen MR) is 93.5 cm³/mol. The zero-order chi connectivity index (χ0) is 17.3. The summed E-state index contributed by atoms with van der Waals surface area (Å²) in [4.78, 5) is 6.38. The Morgan fingerprint density at radius 3 is 2.64 bits per heavy atom. The highest BCUT2D eigenvalue weighted by Crippen LogP contribution is 2.33. The number of aromatic nitrogens is 1. The Kier molecular flexibility index (Phi) is 4.35. The first kappa shape index (κ1) is 16.4. The standard InChI is InChI=1S/C18H20N2O4S/c21-25(22)10-8-20(9-11-25)12-14-3-5-15(6-4-14)17-13-23-16-2-1-7-19-18(16)24-17/h1-7,17H,8-13H2. The van der Waals surface area contributed by atoms with Crippen molar-refractivity contribution >= 4 is 9.84 Å². The SMILES string of the molecule is O=S1(=O)CCN(Cc2ccc(C3COc4cccnc4O3)cc2)CC1. The van der Waals surface area contributed by atoms with Crippen molar-refractivity contribution in [1.29, 1.82) is 0 Å². The van der Waals surface area contributed by atoms with Crippen LogP contribution in [0.1, 0.15) is 17.2 Å². The number of nitrogens with zero attached hydrogens (tertiary/aromatic N) is 2. The molecule has 0 amide bonds. The summed E-state index contributed by atoms with van der Waals surface area (Å²) in [6, 6.07) is 11.9. The molecule has 0 aliphatic carbocycles. The molecule has 6 nitrogen and oxygen atoms in total. The van der Waals surface area contributed by atoms with Crippen LogP contribution in [0.5, 0.6) is 11.6 Å². The Morgan fingerprint density at radius 1 is 1.12 bits per heavy atom.